The van der Waals surface area contributed by atoms with E-state index in [4.69, 9.17) is 16.3 Å². The largest absolute Gasteiger partial charge is 0.490 e. The fourth-order valence-electron chi connectivity index (χ4n) is 7.68. The van der Waals surface area contributed by atoms with E-state index < -0.39 is 26.8 Å². The van der Waals surface area contributed by atoms with Crippen LogP contribution in [0.1, 0.15) is 80.8 Å². The van der Waals surface area contributed by atoms with Gasteiger partial charge in [-0.25, -0.2) is 13.1 Å². The molecule has 0 radical (unpaired) electrons. The summed E-state index contributed by atoms with van der Waals surface area (Å²) >= 11 is 10.2. The summed E-state index contributed by atoms with van der Waals surface area (Å²) in [5, 5.41) is 12.4. The number of rotatable bonds is 9. The zero-order chi connectivity index (χ0) is 33.4. The molecule has 47 heavy (non-hydrogen) atoms. The first-order valence-corrected chi connectivity index (χ1v) is 21.0. The minimum absolute atomic E-state index is 0.103. The first-order chi connectivity index (χ1) is 22.5. The Kier molecular flexibility index (Phi) is 10.6. The first kappa shape index (κ1) is 35.0. The molecule has 4 aliphatic rings. The molecule has 2 fully saturated rings. The van der Waals surface area contributed by atoms with Crippen molar-refractivity contribution in [1.29, 1.82) is 0 Å². The van der Waals surface area contributed by atoms with Crippen molar-refractivity contribution in [1.82, 2.24) is 4.72 Å². The smallest absolute Gasteiger partial charge is 0.264 e. The third-order valence-corrected chi connectivity index (χ3v) is 15.6. The van der Waals surface area contributed by atoms with E-state index in [9.17, 15) is 18.3 Å². The van der Waals surface area contributed by atoms with Crippen molar-refractivity contribution >= 4 is 56.7 Å². The molecule has 2 aliphatic carbocycles. The number of anilines is 1. The quantitative estimate of drug-likeness (QED) is 0.263. The standard InChI is InChI=1S/C36H47ClN2O5S3/c1-4-5-16-36(41,34-45-17-7-18-46-34)30-12-9-27(30)21-39-22-35(15-6-8-25-19-28(37)11-13-29(25)35)23-44-32-14-10-26(20-31(32)39)33(40)38-47(42,43)24(2)3/h5,10-11,13-14,16,19-20,24,27,30,34,41H,4,6-9,12,15,17-18,21-23H2,1-3H3,(H,38,40)/b16-5+/t27-,30+,35-,36+/m0/s1. The number of sulfonamides is 1. The van der Waals surface area contributed by atoms with Crippen molar-refractivity contribution in [3.05, 3.63) is 70.3 Å². The second-order valence-corrected chi connectivity index (χ2v) is 19.3. The molecular weight excluding hydrogens is 672 g/mol. The van der Waals surface area contributed by atoms with Gasteiger partial charge in [0.2, 0.25) is 10.0 Å². The summed E-state index contributed by atoms with van der Waals surface area (Å²) in [5.74, 6) is 2.51. The molecule has 7 nitrogen and oxygen atoms in total. The van der Waals surface area contributed by atoms with E-state index in [2.05, 4.69) is 40.8 Å². The lowest BCUT2D eigenvalue weighted by Crippen LogP contribution is -2.55. The fourth-order valence-corrected chi connectivity index (χ4v) is 11.7. The molecule has 0 unspecified atom stereocenters. The Hall–Kier alpha value is -1.85. The van der Waals surface area contributed by atoms with Gasteiger partial charge < -0.3 is 14.7 Å². The monoisotopic (exact) mass is 718 g/mol. The van der Waals surface area contributed by atoms with Gasteiger partial charge in [0.25, 0.3) is 5.91 Å². The highest BCUT2D eigenvalue weighted by Crippen LogP contribution is 2.52. The molecule has 1 saturated carbocycles. The molecule has 0 bridgehead atoms. The number of halogens is 1. The van der Waals surface area contributed by atoms with Crippen LogP contribution >= 0.6 is 35.1 Å². The normalized spacial score (nSPS) is 26.2. The lowest BCUT2D eigenvalue weighted by Gasteiger charge is -2.51. The minimum atomic E-state index is -3.80. The Morgan fingerprint density at radius 1 is 1.19 bits per heavy atom. The van der Waals surface area contributed by atoms with Crippen molar-refractivity contribution in [2.45, 2.75) is 86.6 Å². The maximum Gasteiger partial charge on any atom is 0.264 e. The van der Waals surface area contributed by atoms with E-state index in [1.54, 1.807) is 32.0 Å². The number of carbonyl (C=O) groups is 1. The second-order valence-electron chi connectivity index (χ2n) is 13.9. The second kappa shape index (κ2) is 14.2. The molecule has 2 N–H and O–H groups in total. The Labute approximate surface area is 293 Å². The van der Waals surface area contributed by atoms with Gasteiger partial charge in [-0.05, 0) is 124 Å². The van der Waals surface area contributed by atoms with Crippen LogP contribution in [-0.4, -0.2) is 66.1 Å². The number of hydrogen-bond donors (Lipinski definition) is 2. The predicted octanol–water partition coefficient (Wildman–Crippen LogP) is 7.20. The van der Waals surface area contributed by atoms with Gasteiger partial charge >= 0.3 is 0 Å². The summed E-state index contributed by atoms with van der Waals surface area (Å²) < 4.78 is 34.1. The Balaban J connectivity index is 1.37. The molecule has 2 heterocycles. The zero-order valence-electron chi connectivity index (χ0n) is 27.5. The Bertz CT molecular complexity index is 1610. The number of ether oxygens (including phenoxy) is 1. The Morgan fingerprint density at radius 2 is 1.98 bits per heavy atom. The number of aliphatic hydroxyl groups is 1. The van der Waals surface area contributed by atoms with Crippen LogP contribution in [0.3, 0.4) is 0 Å². The number of hydrogen-bond acceptors (Lipinski definition) is 8. The number of allylic oxidation sites excluding steroid dienone is 1. The molecule has 1 spiro atoms. The van der Waals surface area contributed by atoms with Crippen LogP contribution in [0.5, 0.6) is 5.75 Å². The van der Waals surface area contributed by atoms with Crippen LogP contribution in [0.25, 0.3) is 0 Å². The SMILES string of the molecule is CC/C=C/[C@](O)(C1SCCCS1)[C@@H]1CC[C@H]1CN1C[C@@]2(CCCc3cc(Cl)ccc32)COc2ccc(C(=O)NS(=O)(=O)C(C)C)cc21. The molecule has 11 heteroatoms. The number of aryl methyl sites for hydroxylation is 1. The molecule has 2 aliphatic heterocycles. The molecule has 1 saturated heterocycles. The third kappa shape index (κ3) is 7.09. The molecule has 6 rings (SSSR count). The van der Waals surface area contributed by atoms with Crippen molar-refractivity contribution in [3.63, 3.8) is 0 Å². The van der Waals surface area contributed by atoms with Crippen molar-refractivity contribution < 1.29 is 23.1 Å². The van der Waals surface area contributed by atoms with E-state index in [1.807, 2.05) is 29.6 Å². The van der Waals surface area contributed by atoms with Gasteiger partial charge in [-0.1, -0.05) is 36.7 Å². The summed E-state index contributed by atoms with van der Waals surface area (Å²) in [6.07, 6.45) is 11.2. The highest BCUT2D eigenvalue weighted by atomic mass is 35.5. The maximum absolute atomic E-state index is 13.3. The van der Waals surface area contributed by atoms with Crippen molar-refractivity contribution in [3.8, 4) is 5.75 Å². The maximum atomic E-state index is 13.3. The molecule has 4 atom stereocenters. The summed E-state index contributed by atoms with van der Waals surface area (Å²) in [7, 11) is -3.80. The van der Waals surface area contributed by atoms with E-state index in [0.29, 0.717) is 25.4 Å². The average molecular weight is 719 g/mol. The van der Waals surface area contributed by atoms with Gasteiger partial charge in [-0.2, -0.15) is 0 Å². The lowest BCUT2D eigenvalue weighted by molar-refractivity contribution is -0.0332. The molecule has 2 aromatic rings. The zero-order valence-corrected chi connectivity index (χ0v) is 30.7. The third-order valence-electron chi connectivity index (χ3n) is 10.4. The predicted molar refractivity (Wildman–Crippen MR) is 196 cm³/mol. The molecule has 0 aromatic heterocycles. The minimum Gasteiger partial charge on any atom is -0.490 e. The van der Waals surface area contributed by atoms with E-state index in [1.165, 1.54) is 17.5 Å². The fraction of sp³-hybridized carbons (Fsp3) is 0.583. The van der Waals surface area contributed by atoms with E-state index >= 15 is 0 Å². The molecule has 256 valence electrons. The first-order valence-electron chi connectivity index (χ1n) is 17.0. The molecule has 1 amide bonds. The van der Waals surface area contributed by atoms with Crippen LogP contribution in [-0.2, 0) is 21.9 Å². The highest BCUT2D eigenvalue weighted by Gasteiger charge is 2.51. The van der Waals surface area contributed by atoms with Gasteiger partial charge in [-0.3, -0.25) is 4.79 Å². The molecular formula is C36H47ClN2O5S3. The number of thioether (sulfide) groups is 2. The summed E-state index contributed by atoms with van der Waals surface area (Å²) in [6, 6.07) is 11.4. The van der Waals surface area contributed by atoms with Gasteiger partial charge in [0, 0.05) is 29.1 Å². The van der Waals surface area contributed by atoms with Crippen LogP contribution in [0.2, 0.25) is 5.02 Å². The van der Waals surface area contributed by atoms with Crippen LogP contribution in [0.4, 0.5) is 5.69 Å². The number of nitrogens with one attached hydrogen (secondary N) is 1. The van der Waals surface area contributed by atoms with Crippen molar-refractivity contribution in [2.24, 2.45) is 11.8 Å². The van der Waals surface area contributed by atoms with Gasteiger partial charge in [0.1, 0.15) is 11.4 Å². The summed E-state index contributed by atoms with van der Waals surface area (Å²) in [4.78, 5) is 15.6. The number of benzene rings is 2. The lowest BCUT2D eigenvalue weighted by atomic mass is 9.64. The summed E-state index contributed by atoms with van der Waals surface area (Å²) in [5.41, 5.74) is 2.39. The van der Waals surface area contributed by atoms with Gasteiger partial charge in [-0.15, -0.1) is 23.5 Å². The average Bonchev–Trinajstić information content (AvgIpc) is 3.19. The number of fused-ring (bicyclic) bond motifs is 3. The number of carbonyl (C=O) groups excluding carboxylic acids is 1. The summed E-state index contributed by atoms with van der Waals surface area (Å²) in [6.45, 7) is 7.08. The highest BCUT2D eigenvalue weighted by molar-refractivity contribution is 8.17. The number of amides is 1. The van der Waals surface area contributed by atoms with Crippen LogP contribution in [0.15, 0.2) is 48.6 Å². The van der Waals surface area contributed by atoms with Crippen molar-refractivity contribution in [2.75, 3.05) is 36.1 Å². The topological polar surface area (TPSA) is 95.9 Å². The van der Waals surface area contributed by atoms with Crippen LogP contribution in [0, 0.1) is 11.8 Å². The van der Waals surface area contributed by atoms with Gasteiger partial charge in [0.05, 0.1) is 22.1 Å². The molecule has 2 aromatic carbocycles. The van der Waals surface area contributed by atoms with E-state index in [0.717, 1.165) is 60.7 Å². The Morgan fingerprint density at radius 3 is 2.68 bits per heavy atom. The van der Waals surface area contributed by atoms with Gasteiger partial charge in [0.15, 0.2) is 0 Å². The van der Waals surface area contributed by atoms with E-state index in [-0.39, 0.29) is 27.4 Å². The number of nitrogens with zero attached hydrogens (tertiary/aromatic N) is 1. The van der Waals surface area contributed by atoms with Crippen LogP contribution < -0.4 is 14.4 Å².